The van der Waals surface area contributed by atoms with E-state index in [1.54, 1.807) is 9.91 Å². The first-order valence-corrected chi connectivity index (χ1v) is 9.12. The third kappa shape index (κ3) is 2.34. The predicted octanol–water partition coefficient (Wildman–Crippen LogP) is 1.08. The Kier molecular flexibility index (Phi) is 3.83. The second-order valence-electron chi connectivity index (χ2n) is 7.46. The summed E-state index contributed by atoms with van der Waals surface area (Å²) in [6.07, 6.45) is 2.96. The highest BCUT2D eigenvalue weighted by Gasteiger charge is 2.54. The number of anilines is 1. The number of hydrazone groups is 1. The van der Waals surface area contributed by atoms with Crippen LogP contribution in [0.5, 0.6) is 0 Å². The normalized spacial score (nSPS) is 31.0. The Morgan fingerprint density at radius 1 is 1.25 bits per heavy atom. The molecule has 1 aromatic rings. The van der Waals surface area contributed by atoms with E-state index in [9.17, 15) is 4.79 Å². The SMILES string of the molecule is CCC(=O)N1N=C2C3CC[NH+](CC3)[C@@H]2[C@@H]1c1ccc(N(C)C)cc1. The van der Waals surface area contributed by atoms with Crippen molar-refractivity contribution in [2.24, 2.45) is 11.0 Å². The fourth-order valence-electron chi connectivity index (χ4n) is 4.59. The Bertz CT molecular complexity index is 658. The van der Waals surface area contributed by atoms with Crippen LogP contribution in [0.2, 0.25) is 0 Å². The molecule has 4 heterocycles. The molecule has 5 heteroatoms. The lowest BCUT2D eigenvalue weighted by atomic mass is 9.78. The first-order valence-electron chi connectivity index (χ1n) is 9.12. The summed E-state index contributed by atoms with van der Waals surface area (Å²) in [4.78, 5) is 16.3. The Labute approximate surface area is 143 Å². The van der Waals surface area contributed by atoms with Crippen molar-refractivity contribution in [3.05, 3.63) is 29.8 Å². The first-order chi connectivity index (χ1) is 11.6. The van der Waals surface area contributed by atoms with Crippen LogP contribution >= 0.6 is 0 Å². The van der Waals surface area contributed by atoms with Crippen LogP contribution in [-0.4, -0.2) is 49.9 Å². The number of benzene rings is 1. The monoisotopic (exact) mass is 327 g/mol. The number of nitrogens with one attached hydrogen (secondary N) is 1. The van der Waals surface area contributed by atoms with Gasteiger partial charge in [-0.25, -0.2) is 5.01 Å². The van der Waals surface area contributed by atoms with E-state index in [2.05, 4.69) is 43.3 Å². The summed E-state index contributed by atoms with van der Waals surface area (Å²) in [5.74, 6) is 0.726. The summed E-state index contributed by atoms with van der Waals surface area (Å²) < 4.78 is 0. The average Bonchev–Trinajstić information content (AvgIpc) is 3.04. The van der Waals surface area contributed by atoms with Crippen molar-refractivity contribution in [1.29, 1.82) is 0 Å². The minimum Gasteiger partial charge on any atom is -0.378 e. The molecule has 5 nitrogen and oxygen atoms in total. The summed E-state index contributed by atoms with van der Waals surface area (Å²) in [6, 6.07) is 9.08. The Hall–Kier alpha value is -1.88. The number of piperidine rings is 3. The van der Waals surface area contributed by atoms with Crippen molar-refractivity contribution in [2.45, 2.75) is 38.3 Å². The molecule has 1 aromatic carbocycles. The van der Waals surface area contributed by atoms with E-state index in [-0.39, 0.29) is 11.9 Å². The lowest BCUT2D eigenvalue weighted by Crippen LogP contribution is -3.20. The average molecular weight is 327 g/mol. The second kappa shape index (κ2) is 5.88. The van der Waals surface area contributed by atoms with Gasteiger partial charge in [-0.1, -0.05) is 19.1 Å². The molecule has 24 heavy (non-hydrogen) atoms. The van der Waals surface area contributed by atoms with Gasteiger partial charge in [0.25, 0.3) is 0 Å². The summed E-state index contributed by atoms with van der Waals surface area (Å²) in [6.45, 7) is 4.36. The molecule has 1 amide bonds. The van der Waals surface area contributed by atoms with Crippen LogP contribution in [0.15, 0.2) is 29.4 Å². The zero-order valence-corrected chi connectivity index (χ0v) is 14.8. The van der Waals surface area contributed by atoms with Gasteiger partial charge in [-0.3, -0.25) is 4.79 Å². The van der Waals surface area contributed by atoms with Gasteiger partial charge in [0.1, 0.15) is 11.8 Å². The van der Waals surface area contributed by atoms with Crippen LogP contribution in [0.3, 0.4) is 0 Å². The third-order valence-electron chi connectivity index (χ3n) is 5.92. The van der Waals surface area contributed by atoms with Crippen molar-refractivity contribution in [2.75, 3.05) is 32.1 Å². The molecule has 0 aromatic heterocycles. The van der Waals surface area contributed by atoms with Gasteiger partial charge in [0.2, 0.25) is 5.91 Å². The standard InChI is InChI=1S/C19H26N4O/c1-4-16(24)23-18(14-5-7-15(8-6-14)21(2)3)19-17(20-23)13-9-11-22(19)12-10-13/h5-8,13,18-19H,4,9-12H2,1-3H3/p+1/t18-,19-/m0/s1. The summed E-state index contributed by atoms with van der Waals surface area (Å²) >= 11 is 0. The minimum atomic E-state index is 0.0711. The van der Waals surface area contributed by atoms with Gasteiger partial charge in [-0.15, -0.1) is 0 Å². The van der Waals surface area contributed by atoms with Crippen molar-refractivity contribution >= 4 is 17.3 Å². The molecule has 0 aliphatic carbocycles. The number of hydrogen-bond acceptors (Lipinski definition) is 3. The van der Waals surface area contributed by atoms with E-state index in [0.717, 1.165) is 0 Å². The predicted molar refractivity (Wildman–Crippen MR) is 95.3 cm³/mol. The highest BCUT2D eigenvalue weighted by molar-refractivity contribution is 5.96. The molecule has 0 unspecified atom stereocenters. The fourth-order valence-corrected chi connectivity index (χ4v) is 4.59. The summed E-state index contributed by atoms with van der Waals surface area (Å²) in [7, 11) is 4.10. The van der Waals surface area contributed by atoms with Crippen LogP contribution in [0, 0.1) is 5.92 Å². The largest absolute Gasteiger partial charge is 0.378 e. The molecule has 5 rings (SSSR count). The number of quaternary nitrogens is 1. The van der Waals surface area contributed by atoms with Gasteiger partial charge < -0.3 is 9.80 Å². The number of nitrogens with zero attached hydrogens (tertiary/aromatic N) is 3. The third-order valence-corrected chi connectivity index (χ3v) is 5.92. The van der Waals surface area contributed by atoms with E-state index in [4.69, 9.17) is 5.10 Å². The highest BCUT2D eigenvalue weighted by Crippen LogP contribution is 2.37. The summed E-state index contributed by atoms with van der Waals surface area (Å²) in [5.41, 5.74) is 3.68. The molecular formula is C19H27N4O+. The van der Waals surface area contributed by atoms with Crippen LogP contribution < -0.4 is 9.80 Å². The van der Waals surface area contributed by atoms with E-state index in [1.807, 2.05) is 6.92 Å². The van der Waals surface area contributed by atoms with Gasteiger partial charge in [0, 0.05) is 45.0 Å². The Balaban J connectivity index is 1.72. The van der Waals surface area contributed by atoms with Gasteiger partial charge in [0.15, 0.2) is 6.04 Å². The molecule has 0 saturated carbocycles. The quantitative estimate of drug-likeness (QED) is 0.902. The molecule has 4 aliphatic rings. The van der Waals surface area contributed by atoms with Gasteiger partial charge in [0.05, 0.1) is 13.1 Å². The van der Waals surface area contributed by atoms with Crippen molar-refractivity contribution in [3.8, 4) is 0 Å². The highest BCUT2D eigenvalue weighted by atomic mass is 16.2. The molecule has 0 spiro atoms. The zero-order chi connectivity index (χ0) is 16.8. The maximum Gasteiger partial charge on any atom is 0.243 e. The number of rotatable bonds is 3. The van der Waals surface area contributed by atoms with Gasteiger partial charge in [-0.2, -0.15) is 5.10 Å². The molecule has 0 radical (unpaired) electrons. The zero-order valence-electron chi connectivity index (χ0n) is 14.8. The molecule has 1 N–H and O–H groups in total. The number of carbonyl (C=O) groups is 1. The lowest BCUT2D eigenvalue weighted by Gasteiger charge is -2.42. The maximum absolute atomic E-state index is 12.6. The molecule has 2 bridgehead atoms. The smallest absolute Gasteiger partial charge is 0.243 e. The van der Waals surface area contributed by atoms with Gasteiger partial charge >= 0.3 is 0 Å². The van der Waals surface area contributed by atoms with E-state index >= 15 is 0 Å². The number of carbonyl (C=O) groups excluding carboxylic acids is 1. The van der Waals surface area contributed by atoms with Crippen molar-refractivity contribution in [1.82, 2.24) is 5.01 Å². The van der Waals surface area contributed by atoms with Crippen molar-refractivity contribution < 1.29 is 9.69 Å². The Morgan fingerprint density at radius 3 is 2.50 bits per heavy atom. The molecule has 3 saturated heterocycles. The van der Waals surface area contributed by atoms with Gasteiger partial charge in [-0.05, 0) is 17.7 Å². The molecule has 2 atom stereocenters. The lowest BCUT2D eigenvalue weighted by molar-refractivity contribution is -0.927. The van der Waals surface area contributed by atoms with Crippen LogP contribution in [-0.2, 0) is 4.79 Å². The molecule has 4 aliphatic heterocycles. The van der Waals surface area contributed by atoms with E-state index < -0.39 is 0 Å². The van der Waals surface area contributed by atoms with Crippen molar-refractivity contribution in [3.63, 3.8) is 0 Å². The van der Waals surface area contributed by atoms with Crippen LogP contribution in [0.1, 0.15) is 37.8 Å². The van der Waals surface area contributed by atoms with E-state index in [1.165, 1.54) is 42.9 Å². The minimum absolute atomic E-state index is 0.0711. The number of hydrogen-bond donors (Lipinski definition) is 1. The number of fused-ring (bicyclic) bond motifs is 2. The van der Waals surface area contributed by atoms with Crippen LogP contribution in [0.4, 0.5) is 5.69 Å². The molecule has 128 valence electrons. The number of amides is 1. The Morgan fingerprint density at radius 2 is 1.92 bits per heavy atom. The fraction of sp³-hybridized carbons (Fsp3) is 0.579. The summed E-state index contributed by atoms with van der Waals surface area (Å²) in [5, 5.41) is 6.65. The maximum atomic E-state index is 12.6. The first kappa shape index (κ1) is 15.6. The van der Waals surface area contributed by atoms with Crippen LogP contribution in [0.25, 0.3) is 0 Å². The molecule has 3 fully saturated rings. The molecular weight excluding hydrogens is 300 g/mol. The topological polar surface area (TPSA) is 40.4 Å². The second-order valence-corrected chi connectivity index (χ2v) is 7.46. The van der Waals surface area contributed by atoms with E-state index in [0.29, 0.717) is 18.4 Å².